The minimum atomic E-state index is -0.413. The number of amides is 1. The van der Waals surface area contributed by atoms with E-state index in [0.29, 0.717) is 6.54 Å². The van der Waals surface area contributed by atoms with Crippen LogP contribution >= 0.6 is 0 Å². The Bertz CT molecular complexity index is 253. The summed E-state index contributed by atoms with van der Waals surface area (Å²) in [6, 6.07) is 0. The molecular weight excluding hydrogens is 228 g/mol. The van der Waals surface area contributed by atoms with Crippen LogP contribution in [-0.4, -0.2) is 24.8 Å². The van der Waals surface area contributed by atoms with Gasteiger partial charge in [-0.15, -0.1) is 0 Å². The summed E-state index contributed by atoms with van der Waals surface area (Å²) in [5, 5.41) is 2.83. The summed E-state index contributed by atoms with van der Waals surface area (Å²) < 4.78 is 5.19. The lowest BCUT2D eigenvalue weighted by Crippen LogP contribution is -2.34. The fourth-order valence-electron chi connectivity index (χ4n) is 2.45. The van der Waals surface area contributed by atoms with Crippen LogP contribution < -0.4 is 11.1 Å². The Hall–Kier alpha value is -0.770. The molecule has 0 heterocycles. The van der Waals surface area contributed by atoms with Crippen LogP contribution in [0.2, 0.25) is 0 Å². The summed E-state index contributed by atoms with van der Waals surface area (Å²) in [5.41, 5.74) is 5.26. The summed E-state index contributed by atoms with van der Waals surface area (Å²) >= 11 is 0. The van der Waals surface area contributed by atoms with Crippen LogP contribution in [0, 0.1) is 11.8 Å². The number of carbonyl (C=O) groups excluding carboxylic acids is 1. The van der Waals surface area contributed by atoms with E-state index in [2.05, 4.69) is 5.32 Å². The third-order valence-corrected chi connectivity index (χ3v) is 3.52. The van der Waals surface area contributed by atoms with E-state index in [1.165, 1.54) is 25.7 Å². The number of alkyl carbamates (subject to hydrolysis) is 1. The molecule has 1 saturated carbocycles. The Morgan fingerprint density at radius 2 is 1.78 bits per heavy atom. The molecule has 0 spiro atoms. The molecule has 0 unspecified atom stereocenters. The lowest BCUT2D eigenvalue weighted by molar-refractivity contribution is 0.0523. The summed E-state index contributed by atoms with van der Waals surface area (Å²) in [6.07, 6.45) is 5.73. The van der Waals surface area contributed by atoms with Crippen molar-refractivity contribution in [1.29, 1.82) is 0 Å². The molecule has 1 fully saturated rings. The van der Waals surface area contributed by atoms with E-state index in [-0.39, 0.29) is 6.09 Å². The fraction of sp³-hybridized carbons (Fsp3) is 0.929. The molecule has 0 saturated heterocycles. The van der Waals surface area contributed by atoms with Crippen LogP contribution in [0.25, 0.3) is 0 Å². The van der Waals surface area contributed by atoms with Crippen LogP contribution in [-0.2, 0) is 4.74 Å². The van der Waals surface area contributed by atoms with Crippen molar-refractivity contribution in [2.24, 2.45) is 17.6 Å². The first-order valence-corrected chi connectivity index (χ1v) is 7.07. The van der Waals surface area contributed by atoms with Gasteiger partial charge in [0.25, 0.3) is 0 Å². The van der Waals surface area contributed by atoms with Crippen molar-refractivity contribution in [1.82, 2.24) is 5.32 Å². The molecule has 0 radical (unpaired) electrons. The fourth-order valence-corrected chi connectivity index (χ4v) is 2.45. The summed E-state index contributed by atoms with van der Waals surface area (Å²) in [6.45, 7) is 7.16. The van der Waals surface area contributed by atoms with Crippen molar-refractivity contribution in [3.05, 3.63) is 0 Å². The molecular formula is C14H28N2O2. The Labute approximate surface area is 111 Å². The maximum Gasteiger partial charge on any atom is 0.407 e. The van der Waals surface area contributed by atoms with E-state index >= 15 is 0 Å². The number of rotatable bonds is 4. The molecule has 0 aromatic rings. The second-order valence-electron chi connectivity index (χ2n) is 6.34. The van der Waals surface area contributed by atoms with Gasteiger partial charge in [-0.05, 0) is 58.4 Å². The number of ether oxygens (including phenoxy) is 1. The van der Waals surface area contributed by atoms with Crippen molar-refractivity contribution >= 4 is 6.09 Å². The van der Waals surface area contributed by atoms with Gasteiger partial charge in [-0.1, -0.05) is 12.8 Å². The van der Waals surface area contributed by atoms with E-state index in [0.717, 1.165) is 24.8 Å². The third-order valence-electron chi connectivity index (χ3n) is 3.52. The number of carbonyl (C=O) groups is 1. The zero-order chi connectivity index (χ0) is 13.6. The molecule has 18 heavy (non-hydrogen) atoms. The molecule has 4 heteroatoms. The van der Waals surface area contributed by atoms with Gasteiger partial charge in [0.1, 0.15) is 5.60 Å². The third kappa shape index (κ3) is 6.24. The first kappa shape index (κ1) is 15.3. The van der Waals surface area contributed by atoms with Gasteiger partial charge in [-0.25, -0.2) is 4.79 Å². The second-order valence-corrected chi connectivity index (χ2v) is 6.34. The van der Waals surface area contributed by atoms with E-state index in [4.69, 9.17) is 10.5 Å². The first-order valence-electron chi connectivity index (χ1n) is 7.07. The highest BCUT2D eigenvalue weighted by atomic mass is 16.6. The van der Waals surface area contributed by atoms with Gasteiger partial charge in [0.15, 0.2) is 0 Å². The molecule has 1 amide bonds. The number of hydrogen-bond acceptors (Lipinski definition) is 3. The maximum absolute atomic E-state index is 11.4. The highest BCUT2D eigenvalue weighted by Gasteiger charge is 2.20. The van der Waals surface area contributed by atoms with Crippen LogP contribution in [0.5, 0.6) is 0 Å². The zero-order valence-electron chi connectivity index (χ0n) is 12.0. The standard InChI is InChI=1S/C14H28N2O2/c1-14(2,3)18-13(17)16-9-8-11-4-6-12(10-15)7-5-11/h11-12H,4-10,15H2,1-3H3,(H,16,17). The molecule has 0 aromatic heterocycles. The predicted octanol–water partition coefficient (Wildman–Crippen LogP) is 2.67. The lowest BCUT2D eigenvalue weighted by Gasteiger charge is -2.27. The van der Waals surface area contributed by atoms with Crippen molar-refractivity contribution in [3.8, 4) is 0 Å². The number of hydrogen-bond donors (Lipinski definition) is 2. The molecule has 0 atom stereocenters. The van der Waals surface area contributed by atoms with Gasteiger partial charge < -0.3 is 15.8 Å². The second kappa shape index (κ2) is 6.98. The maximum atomic E-state index is 11.4. The monoisotopic (exact) mass is 256 g/mol. The van der Waals surface area contributed by atoms with E-state index in [9.17, 15) is 4.79 Å². The van der Waals surface area contributed by atoms with Crippen molar-refractivity contribution in [2.45, 2.75) is 58.5 Å². The molecule has 1 rings (SSSR count). The smallest absolute Gasteiger partial charge is 0.407 e. The van der Waals surface area contributed by atoms with Gasteiger partial charge >= 0.3 is 6.09 Å². The quantitative estimate of drug-likeness (QED) is 0.812. The molecule has 0 aliphatic heterocycles. The van der Waals surface area contributed by atoms with E-state index in [1.54, 1.807) is 0 Å². The van der Waals surface area contributed by atoms with Crippen LogP contribution in [0.4, 0.5) is 4.79 Å². The van der Waals surface area contributed by atoms with Gasteiger partial charge in [-0.2, -0.15) is 0 Å². The molecule has 1 aliphatic carbocycles. The first-order chi connectivity index (χ1) is 8.40. The van der Waals surface area contributed by atoms with Crippen molar-refractivity contribution in [3.63, 3.8) is 0 Å². The van der Waals surface area contributed by atoms with Crippen molar-refractivity contribution < 1.29 is 9.53 Å². The molecule has 1 aliphatic rings. The minimum absolute atomic E-state index is 0.307. The van der Waals surface area contributed by atoms with Gasteiger partial charge in [0.05, 0.1) is 0 Å². The summed E-state index contributed by atoms with van der Waals surface area (Å²) in [5.74, 6) is 1.46. The normalized spacial score (nSPS) is 24.7. The molecule has 3 N–H and O–H groups in total. The number of nitrogens with one attached hydrogen (secondary N) is 1. The molecule has 4 nitrogen and oxygen atoms in total. The van der Waals surface area contributed by atoms with Crippen LogP contribution in [0.1, 0.15) is 52.9 Å². The lowest BCUT2D eigenvalue weighted by atomic mass is 9.80. The predicted molar refractivity (Wildman–Crippen MR) is 73.4 cm³/mol. The average molecular weight is 256 g/mol. The van der Waals surface area contributed by atoms with Gasteiger partial charge in [0.2, 0.25) is 0 Å². The average Bonchev–Trinajstić information content (AvgIpc) is 2.27. The SMILES string of the molecule is CC(C)(C)OC(=O)NCCC1CCC(CN)CC1. The zero-order valence-corrected chi connectivity index (χ0v) is 12.0. The molecule has 0 aromatic carbocycles. The molecule has 106 valence electrons. The number of nitrogens with two attached hydrogens (primary N) is 1. The van der Waals surface area contributed by atoms with Gasteiger partial charge in [-0.3, -0.25) is 0 Å². The van der Waals surface area contributed by atoms with Crippen LogP contribution in [0.15, 0.2) is 0 Å². The Kier molecular flexibility index (Phi) is 5.93. The van der Waals surface area contributed by atoms with Gasteiger partial charge in [0, 0.05) is 6.54 Å². The van der Waals surface area contributed by atoms with Crippen LogP contribution in [0.3, 0.4) is 0 Å². The van der Waals surface area contributed by atoms with E-state index < -0.39 is 5.60 Å². The largest absolute Gasteiger partial charge is 0.444 e. The topological polar surface area (TPSA) is 64.3 Å². The highest BCUT2D eigenvalue weighted by Crippen LogP contribution is 2.29. The van der Waals surface area contributed by atoms with Crippen molar-refractivity contribution in [2.75, 3.05) is 13.1 Å². The molecule has 0 bridgehead atoms. The Balaban J connectivity index is 2.10. The minimum Gasteiger partial charge on any atom is -0.444 e. The summed E-state index contributed by atoms with van der Waals surface area (Å²) in [7, 11) is 0. The Morgan fingerprint density at radius 3 is 2.28 bits per heavy atom. The summed E-state index contributed by atoms with van der Waals surface area (Å²) in [4.78, 5) is 11.4. The highest BCUT2D eigenvalue weighted by molar-refractivity contribution is 5.67. The Morgan fingerprint density at radius 1 is 1.22 bits per heavy atom. The van der Waals surface area contributed by atoms with E-state index in [1.807, 2.05) is 20.8 Å².